The maximum Gasteiger partial charge on any atom is 0.210 e. The number of methoxy groups -OCH3 is 2. The highest BCUT2D eigenvalue weighted by Crippen LogP contribution is 2.31. The molecule has 0 spiro atoms. The number of carbonyl (C=O) groups excluding carboxylic acids is 1. The summed E-state index contributed by atoms with van der Waals surface area (Å²) in [6.45, 7) is 2.31. The predicted molar refractivity (Wildman–Crippen MR) is 123 cm³/mol. The molecule has 0 aliphatic carbocycles. The molecule has 0 bridgehead atoms. The number of ketones is 1. The van der Waals surface area contributed by atoms with Crippen molar-refractivity contribution in [3.63, 3.8) is 0 Å². The number of carbonyl (C=O) groups is 1. The van der Waals surface area contributed by atoms with Crippen molar-refractivity contribution in [1.29, 1.82) is 0 Å². The molecule has 3 aromatic rings. The van der Waals surface area contributed by atoms with Crippen LogP contribution in [0.5, 0.6) is 17.2 Å². The third-order valence-corrected chi connectivity index (χ3v) is 6.48. The van der Waals surface area contributed by atoms with Gasteiger partial charge in [0.15, 0.2) is 11.5 Å². The quantitative estimate of drug-likeness (QED) is 0.343. The number of benzene rings is 3. The number of sulfone groups is 1. The minimum Gasteiger partial charge on any atom is -0.497 e. The summed E-state index contributed by atoms with van der Waals surface area (Å²) in [6.07, 6.45) is 1.35. The number of ether oxygens (including phenoxy) is 3. The normalized spacial score (nSPS) is 11.7. The zero-order valence-corrected chi connectivity index (χ0v) is 18.9. The standard InChI is InChI=1S/C25H24O6S/c1-4-31-22-15-10-18(16-23(22)30-3)17-24(25(26)19-8-6-5-7-9-19)32(27,28)21-13-11-20(29-2)12-14-21/h5-17H,4H2,1-3H3/b24-17-. The smallest absolute Gasteiger partial charge is 0.210 e. The Morgan fingerprint density at radius 2 is 1.56 bits per heavy atom. The van der Waals surface area contributed by atoms with Crippen LogP contribution >= 0.6 is 0 Å². The van der Waals surface area contributed by atoms with E-state index in [9.17, 15) is 13.2 Å². The average molecular weight is 453 g/mol. The van der Waals surface area contributed by atoms with Gasteiger partial charge in [-0.1, -0.05) is 36.4 Å². The van der Waals surface area contributed by atoms with Crippen molar-refractivity contribution < 1.29 is 27.4 Å². The van der Waals surface area contributed by atoms with E-state index in [4.69, 9.17) is 14.2 Å². The molecule has 0 unspecified atom stereocenters. The summed E-state index contributed by atoms with van der Waals surface area (Å²) in [5.74, 6) is 0.879. The van der Waals surface area contributed by atoms with Crippen LogP contribution in [0, 0.1) is 0 Å². The van der Waals surface area contributed by atoms with Crippen LogP contribution in [-0.2, 0) is 9.84 Å². The van der Waals surface area contributed by atoms with Crippen LogP contribution in [0.25, 0.3) is 6.08 Å². The fourth-order valence-corrected chi connectivity index (χ4v) is 4.48. The van der Waals surface area contributed by atoms with Crippen LogP contribution < -0.4 is 14.2 Å². The second-order valence-electron chi connectivity index (χ2n) is 6.73. The minimum atomic E-state index is -4.13. The Morgan fingerprint density at radius 3 is 2.16 bits per heavy atom. The number of rotatable bonds is 9. The topological polar surface area (TPSA) is 78.9 Å². The third-order valence-electron chi connectivity index (χ3n) is 4.70. The fourth-order valence-electron chi connectivity index (χ4n) is 3.08. The Kier molecular flexibility index (Phi) is 7.33. The van der Waals surface area contributed by atoms with Crippen LogP contribution in [0.4, 0.5) is 0 Å². The van der Waals surface area contributed by atoms with Gasteiger partial charge in [0.1, 0.15) is 10.7 Å². The first-order valence-electron chi connectivity index (χ1n) is 9.92. The zero-order valence-electron chi connectivity index (χ0n) is 18.1. The number of Topliss-reactive ketones (excluding diaryl/α,β-unsaturated/α-hetero) is 1. The van der Waals surface area contributed by atoms with Gasteiger partial charge in [-0.2, -0.15) is 0 Å². The van der Waals surface area contributed by atoms with E-state index >= 15 is 0 Å². The maximum atomic E-state index is 13.5. The first kappa shape index (κ1) is 23.1. The van der Waals surface area contributed by atoms with Crippen molar-refractivity contribution in [1.82, 2.24) is 0 Å². The van der Waals surface area contributed by atoms with Crippen molar-refractivity contribution in [3.8, 4) is 17.2 Å². The molecule has 0 atom stereocenters. The summed E-state index contributed by atoms with van der Waals surface area (Å²) in [4.78, 5) is 12.9. The zero-order chi connectivity index (χ0) is 23.1. The highest BCUT2D eigenvalue weighted by molar-refractivity contribution is 7.96. The Balaban J connectivity index is 2.15. The van der Waals surface area contributed by atoms with E-state index in [0.717, 1.165) is 0 Å². The molecule has 7 heteroatoms. The molecule has 0 aliphatic rings. The molecule has 3 aromatic carbocycles. The largest absolute Gasteiger partial charge is 0.497 e. The van der Waals surface area contributed by atoms with Gasteiger partial charge in [0.2, 0.25) is 15.6 Å². The molecule has 3 rings (SSSR count). The number of allylic oxidation sites excluding steroid dienone is 1. The summed E-state index contributed by atoms with van der Waals surface area (Å²) < 4.78 is 43.0. The highest BCUT2D eigenvalue weighted by Gasteiger charge is 2.28. The van der Waals surface area contributed by atoms with Crippen molar-refractivity contribution >= 4 is 21.7 Å². The van der Waals surface area contributed by atoms with Gasteiger partial charge in [-0.05, 0) is 55.0 Å². The average Bonchev–Trinajstić information content (AvgIpc) is 2.83. The van der Waals surface area contributed by atoms with Crippen LogP contribution in [0.1, 0.15) is 22.8 Å². The lowest BCUT2D eigenvalue weighted by atomic mass is 10.1. The number of hydrogen-bond acceptors (Lipinski definition) is 6. The molecule has 0 heterocycles. The second kappa shape index (κ2) is 10.2. The molecule has 0 aliphatic heterocycles. The minimum absolute atomic E-state index is 0.00766. The van der Waals surface area contributed by atoms with Gasteiger partial charge < -0.3 is 14.2 Å². The van der Waals surface area contributed by atoms with Crippen molar-refractivity contribution in [2.75, 3.05) is 20.8 Å². The molecular weight excluding hydrogens is 428 g/mol. The summed E-state index contributed by atoms with van der Waals surface area (Å²) in [6, 6.07) is 19.2. The molecule has 0 aromatic heterocycles. The van der Waals surface area contributed by atoms with Crippen molar-refractivity contribution in [2.24, 2.45) is 0 Å². The van der Waals surface area contributed by atoms with E-state index in [1.165, 1.54) is 44.6 Å². The maximum absolute atomic E-state index is 13.5. The molecular formula is C25H24O6S. The summed E-state index contributed by atoms with van der Waals surface area (Å²) >= 11 is 0. The number of hydrogen-bond donors (Lipinski definition) is 0. The summed E-state index contributed by atoms with van der Waals surface area (Å²) in [5, 5.41) is 0. The molecule has 0 N–H and O–H groups in total. The van der Waals surface area contributed by atoms with Gasteiger partial charge in [-0.15, -0.1) is 0 Å². The van der Waals surface area contributed by atoms with Crippen LogP contribution in [-0.4, -0.2) is 35.0 Å². The Hall–Kier alpha value is -3.58. The molecule has 0 amide bonds. The molecule has 166 valence electrons. The van der Waals surface area contributed by atoms with Gasteiger partial charge in [-0.25, -0.2) is 8.42 Å². The molecule has 0 saturated heterocycles. The first-order chi connectivity index (χ1) is 15.4. The monoisotopic (exact) mass is 452 g/mol. The lowest BCUT2D eigenvalue weighted by molar-refractivity contribution is 0.104. The molecule has 6 nitrogen and oxygen atoms in total. The lowest BCUT2D eigenvalue weighted by Crippen LogP contribution is -2.14. The van der Waals surface area contributed by atoms with E-state index in [1.807, 2.05) is 6.92 Å². The third kappa shape index (κ3) is 5.00. The van der Waals surface area contributed by atoms with Crippen LogP contribution in [0.2, 0.25) is 0 Å². The fraction of sp³-hybridized carbons (Fsp3) is 0.160. The van der Waals surface area contributed by atoms with Crippen molar-refractivity contribution in [3.05, 3.63) is 88.8 Å². The van der Waals surface area contributed by atoms with Crippen LogP contribution in [0.3, 0.4) is 0 Å². The highest BCUT2D eigenvalue weighted by atomic mass is 32.2. The first-order valence-corrected chi connectivity index (χ1v) is 11.4. The van der Waals surface area contributed by atoms with E-state index in [1.54, 1.807) is 48.5 Å². The lowest BCUT2D eigenvalue weighted by Gasteiger charge is -2.12. The van der Waals surface area contributed by atoms with Gasteiger partial charge in [-0.3, -0.25) is 4.79 Å². The second-order valence-corrected chi connectivity index (χ2v) is 8.64. The van der Waals surface area contributed by atoms with E-state index in [-0.39, 0.29) is 15.4 Å². The Bertz CT molecular complexity index is 1210. The molecule has 0 fully saturated rings. The van der Waals surface area contributed by atoms with Gasteiger partial charge in [0.05, 0.1) is 25.7 Å². The summed E-state index contributed by atoms with van der Waals surface area (Å²) in [7, 11) is -1.14. The van der Waals surface area contributed by atoms with E-state index in [2.05, 4.69) is 0 Å². The van der Waals surface area contributed by atoms with Crippen LogP contribution in [0.15, 0.2) is 82.6 Å². The van der Waals surface area contributed by atoms with Gasteiger partial charge in [0.25, 0.3) is 0 Å². The Labute approximate surface area is 188 Å². The van der Waals surface area contributed by atoms with E-state index < -0.39 is 15.6 Å². The molecule has 0 saturated carbocycles. The Morgan fingerprint density at radius 1 is 0.875 bits per heavy atom. The van der Waals surface area contributed by atoms with E-state index in [0.29, 0.717) is 29.4 Å². The van der Waals surface area contributed by atoms with Gasteiger partial charge >= 0.3 is 0 Å². The molecule has 0 radical (unpaired) electrons. The molecule has 32 heavy (non-hydrogen) atoms. The van der Waals surface area contributed by atoms with Gasteiger partial charge in [0, 0.05) is 5.56 Å². The summed E-state index contributed by atoms with van der Waals surface area (Å²) in [5.41, 5.74) is 0.760. The SMILES string of the molecule is CCOc1ccc(/C=C(/C(=O)c2ccccc2)S(=O)(=O)c2ccc(OC)cc2)cc1OC. The predicted octanol–water partition coefficient (Wildman–Crippen LogP) is 4.80. The van der Waals surface area contributed by atoms with Crippen molar-refractivity contribution in [2.45, 2.75) is 11.8 Å².